The van der Waals surface area contributed by atoms with Gasteiger partial charge in [-0.3, -0.25) is 19.4 Å². The zero-order valence-electron chi connectivity index (χ0n) is 25.8. The molecule has 238 valence electrons. The summed E-state index contributed by atoms with van der Waals surface area (Å²) in [6.45, 7) is 7.94. The van der Waals surface area contributed by atoms with E-state index >= 15 is 0 Å². The number of amides is 2. The van der Waals surface area contributed by atoms with E-state index in [2.05, 4.69) is 39.4 Å². The number of halogens is 1. The Hall–Kier alpha value is -3.86. The fourth-order valence-corrected chi connectivity index (χ4v) is 6.36. The minimum absolute atomic E-state index is 0.0385. The normalized spacial score (nSPS) is 17.1. The van der Waals surface area contributed by atoms with Crippen molar-refractivity contribution in [1.82, 2.24) is 9.80 Å². The van der Waals surface area contributed by atoms with Gasteiger partial charge in [-0.05, 0) is 86.2 Å². The number of nitrogens with one attached hydrogen (secondary N) is 1. The number of methoxy groups -OCH3 is 1. The molecule has 1 atom stereocenters. The molecule has 9 nitrogen and oxygen atoms in total. The summed E-state index contributed by atoms with van der Waals surface area (Å²) in [5, 5.41) is 3.67. The molecular formula is C34H40ClN5O4S. The van der Waals surface area contributed by atoms with Crippen LogP contribution in [0.1, 0.15) is 26.2 Å². The Morgan fingerprint density at radius 1 is 0.978 bits per heavy atom. The Bertz CT molecular complexity index is 1470. The quantitative estimate of drug-likeness (QED) is 0.237. The number of carbonyl (C=O) groups is 2. The number of anilines is 3. The summed E-state index contributed by atoms with van der Waals surface area (Å²) < 4.78 is 10.9. The Morgan fingerprint density at radius 2 is 1.71 bits per heavy atom. The van der Waals surface area contributed by atoms with Gasteiger partial charge in [0, 0.05) is 44.1 Å². The third-order valence-corrected chi connectivity index (χ3v) is 8.78. The fourth-order valence-electron chi connectivity index (χ4n) is 5.69. The molecule has 0 aliphatic carbocycles. The molecule has 11 heteroatoms. The van der Waals surface area contributed by atoms with Crippen LogP contribution in [-0.4, -0.2) is 85.8 Å². The van der Waals surface area contributed by atoms with E-state index in [0.29, 0.717) is 40.4 Å². The van der Waals surface area contributed by atoms with Crippen molar-refractivity contribution in [3.63, 3.8) is 0 Å². The van der Waals surface area contributed by atoms with E-state index in [1.165, 1.54) is 17.7 Å². The van der Waals surface area contributed by atoms with Crippen molar-refractivity contribution in [3.8, 4) is 11.5 Å². The maximum Gasteiger partial charge on any atom is 0.256 e. The number of ether oxygens (including phenoxy) is 2. The molecule has 5 rings (SSSR count). The minimum Gasteiger partial charge on any atom is -0.495 e. The van der Waals surface area contributed by atoms with Gasteiger partial charge in [0.05, 0.1) is 30.8 Å². The summed E-state index contributed by atoms with van der Waals surface area (Å²) >= 11 is 12.3. The van der Waals surface area contributed by atoms with Crippen molar-refractivity contribution in [2.75, 3.05) is 68.1 Å². The van der Waals surface area contributed by atoms with Gasteiger partial charge in [-0.15, -0.1) is 0 Å². The predicted molar refractivity (Wildman–Crippen MR) is 184 cm³/mol. The van der Waals surface area contributed by atoms with Crippen molar-refractivity contribution < 1.29 is 19.1 Å². The molecule has 3 aromatic carbocycles. The summed E-state index contributed by atoms with van der Waals surface area (Å²) in [6, 6.07) is 22.1. The zero-order chi connectivity index (χ0) is 31.8. The topological polar surface area (TPSA) is 77.6 Å². The van der Waals surface area contributed by atoms with Gasteiger partial charge in [0.1, 0.15) is 17.5 Å². The van der Waals surface area contributed by atoms with Crippen LogP contribution in [0.2, 0.25) is 5.02 Å². The Morgan fingerprint density at radius 3 is 2.38 bits per heavy atom. The number of benzene rings is 3. The van der Waals surface area contributed by atoms with E-state index in [0.717, 1.165) is 51.3 Å². The van der Waals surface area contributed by atoms with Crippen molar-refractivity contribution in [2.45, 2.75) is 32.2 Å². The average molecular weight is 650 g/mol. The molecular weight excluding hydrogens is 610 g/mol. The first-order chi connectivity index (χ1) is 21.9. The third kappa shape index (κ3) is 8.06. The van der Waals surface area contributed by atoms with Crippen LogP contribution in [0.15, 0.2) is 72.8 Å². The lowest BCUT2D eigenvalue weighted by atomic mass is 10.1. The van der Waals surface area contributed by atoms with Gasteiger partial charge < -0.3 is 24.6 Å². The van der Waals surface area contributed by atoms with E-state index in [9.17, 15) is 9.59 Å². The molecule has 0 saturated carbocycles. The Balaban J connectivity index is 1.24. The minimum atomic E-state index is -0.736. The molecule has 1 unspecified atom stereocenters. The first-order valence-corrected chi connectivity index (χ1v) is 16.2. The fraction of sp³-hybridized carbons (Fsp3) is 0.382. The maximum atomic E-state index is 13.9. The lowest BCUT2D eigenvalue weighted by Crippen LogP contribution is -2.47. The molecule has 2 aliphatic rings. The molecule has 0 aromatic heterocycles. The van der Waals surface area contributed by atoms with Crippen molar-refractivity contribution in [3.05, 3.63) is 77.8 Å². The summed E-state index contributed by atoms with van der Waals surface area (Å²) in [7, 11) is 1.54. The van der Waals surface area contributed by atoms with E-state index < -0.39 is 6.04 Å². The van der Waals surface area contributed by atoms with Gasteiger partial charge in [-0.25, -0.2) is 0 Å². The van der Waals surface area contributed by atoms with Gasteiger partial charge in [-0.1, -0.05) is 36.7 Å². The first kappa shape index (κ1) is 32.5. The molecule has 0 radical (unpaired) electrons. The summed E-state index contributed by atoms with van der Waals surface area (Å²) in [5.41, 5.74) is 2.43. The van der Waals surface area contributed by atoms with Crippen LogP contribution in [0, 0.1) is 0 Å². The molecule has 0 spiro atoms. The smallest absolute Gasteiger partial charge is 0.256 e. The number of piperazine rings is 1. The molecule has 1 N–H and O–H groups in total. The van der Waals surface area contributed by atoms with Crippen LogP contribution in [0.5, 0.6) is 11.5 Å². The zero-order valence-corrected chi connectivity index (χ0v) is 27.4. The van der Waals surface area contributed by atoms with Crippen molar-refractivity contribution in [1.29, 1.82) is 0 Å². The predicted octanol–water partition coefficient (Wildman–Crippen LogP) is 5.68. The summed E-state index contributed by atoms with van der Waals surface area (Å²) in [6.07, 6.45) is 1.67. The number of thiocarbonyl (C=S) groups is 1. The van der Waals surface area contributed by atoms with Gasteiger partial charge in [-0.2, -0.15) is 0 Å². The van der Waals surface area contributed by atoms with Crippen molar-refractivity contribution >= 4 is 57.8 Å². The SMILES string of the molecule is CCCOc1ccc(NC(=O)CC2C(=O)N(c3ccc(OC)c(Cl)c3)C(=S)N2CCCN2CCN(c3ccccc3)CC2)cc1. The third-order valence-electron chi connectivity index (χ3n) is 8.07. The van der Waals surface area contributed by atoms with E-state index in [4.69, 9.17) is 33.3 Å². The number of rotatable bonds is 13. The van der Waals surface area contributed by atoms with Gasteiger partial charge >= 0.3 is 0 Å². The van der Waals surface area contributed by atoms with Crippen LogP contribution in [0.25, 0.3) is 0 Å². The van der Waals surface area contributed by atoms with Gasteiger partial charge in [0.2, 0.25) is 5.91 Å². The molecule has 2 saturated heterocycles. The number of nitrogens with zero attached hydrogens (tertiary/aromatic N) is 4. The van der Waals surface area contributed by atoms with Gasteiger partial charge in [0.15, 0.2) is 5.11 Å². The molecule has 0 bridgehead atoms. The van der Waals surface area contributed by atoms with Crippen LogP contribution in [0.4, 0.5) is 17.1 Å². The second-order valence-electron chi connectivity index (χ2n) is 11.1. The highest BCUT2D eigenvalue weighted by Gasteiger charge is 2.44. The molecule has 2 heterocycles. The largest absolute Gasteiger partial charge is 0.495 e. The molecule has 2 fully saturated rings. The average Bonchev–Trinajstić information content (AvgIpc) is 3.28. The maximum absolute atomic E-state index is 13.9. The highest BCUT2D eigenvalue weighted by molar-refractivity contribution is 7.80. The monoisotopic (exact) mass is 649 g/mol. The van der Waals surface area contributed by atoms with E-state index in [1.807, 2.05) is 30.0 Å². The highest BCUT2D eigenvalue weighted by Crippen LogP contribution is 2.33. The standard InChI is InChI=1S/C34H40ClN5O4S/c1-3-22-44-28-13-10-25(11-14-28)36-32(41)24-30-33(42)40(27-12-15-31(43-2)29(35)23-27)34(45)39(30)17-7-16-37-18-20-38(21-19-37)26-8-5-4-6-9-26/h4-6,8-15,23,30H,3,7,16-22,24H2,1-2H3,(H,36,41). The molecule has 3 aromatic rings. The first-order valence-electron chi connectivity index (χ1n) is 15.4. The Labute approximate surface area is 275 Å². The van der Waals surface area contributed by atoms with E-state index in [1.54, 1.807) is 30.3 Å². The van der Waals surface area contributed by atoms with Crippen LogP contribution < -0.4 is 24.6 Å². The molecule has 2 aliphatic heterocycles. The number of hydrogen-bond acceptors (Lipinski definition) is 7. The van der Waals surface area contributed by atoms with Crippen LogP contribution >= 0.6 is 23.8 Å². The molecule has 45 heavy (non-hydrogen) atoms. The highest BCUT2D eigenvalue weighted by atomic mass is 35.5. The lowest BCUT2D eigenvalue weighted by molar-refractivity contribution is -0.124. The van der Waals surface area contributed by atoms with Gasteiger partial charge in [0.25, 0.3) is 5.91 Å². The second-order valence-corrected chi connectivity index (χ2v) is 11.9. The lowest BCUT2D eigenvalue weighted by Gasteiger charge is -2.36. The number of hydrogen-bond donors (Lipinski definition) is 1. The number of para-hydroxylation sites is 1. The van der Waals surface area contributed by atoms with E-state index in [-0.39, 0.29) is 18.2 Å². The van der Waals surface area contributed by atoms with Crippen LogP contribution in [0.3, 0.4) is 0 Å². The number of carbonyl (C=O) groups excluding carboxylic acids is 2. The van der Waals surface area contributed by atoms with Crippen LogP contribution in [-0.2, 0) is 9.59 Å². The van der Waals surface area contributed by atoms with Crippen molar-refractivity contribution in [2.24, 2.45) is 0 Å². The summed E-state index contributed by atoms with van der Waals surface area (Å²) in [5.74, 6) is 0.725. The Kier molecular flexibility index (Phi) is 11.2. The summed E-state index contributed by atoms with van der Waals surface area (Å²) in [4.78, 5) is 35.3. The second kappa shape index (κ2) is 15.4. The molecule has 2 amide bonds.